The van der Waals surface area contributed by atoms with Crippen molar-refractivity contribution in [3.63, 3.8) is 0 Å². The molecule has 0 aromatic heterocycles. The third-order valence-electron chi connectivity index (χ3n) is 3.08. The van der Waals surface area contributed by atoms with Crippen molar-refractivity contribution in [2.45, 2.75) is 6.92 Å². The fourth-order valence-corrected chi connectivity index (χ4v) is 1.99. The average molecular weight is 335 g/mol. The van der Waals surface area contributed by atoms with E-state index in [2.05, 4.69) is 10.6 Å². The Kier molecular flexibility index (Phi) is 6.32. The summed E-state index contributed by atoms with van der Waals surface area (Å²) in [6.45, 7) is 1.43. The number of nitriles is 1. The second kappa shape index (κ2) is 8.89. The molecule has 6 heteroatoms. The molecule has 0 aliphatic carbocycles. The molecule has 2 aromatic rings. The Balaban J connectivity index is 1.89. The lowest BCUT2D eigenvalue weighted by molar-refractivity contribution is -0.114. The van der Waals surface area contributed by atoms with Gasteiger partial charge in [0, 0.05) is 24.4 Å². The van der Waals surface area contributed by atoms with Crippen molar-refractivity contribution in [1.29, 1.82) is 5.26 Å². The standard InChI is InChI=1S/C19H17N3O3/c1-14(23)21-16-5-7-17(8-6-16)22-19(24)11-4-15-2-9-18(10-3-15)25-13-12-20/h2-11H,13H2,1H3,(H,21,23)(H,22,24)/b11-4+. The number of nitrogens with zero attached hydrogens (tertiary/aromatic N) is 1. The van der Waals surface area contributed by atoms with E-state index in [9.17, 15) is 9.59 Å². The number of benzene rings is 2. The third kappa shape index (κ3) is 6.20. The molecule has 0 saturated carbocycles. The van der Waals surface area contributed by atoms with Crippen LogP contribution < -0.4 is 15.4 Å². The minimum atomic E-state index is -0.267. The van der Waals surface area contributed by atoms with Crippen LogP contribution in [0.3, 0.4) is 0 Å². The summed E-state index contributed by atoms with van der Waals surface area (Å²) in [6, 6.07) is 15.8. The van der Waals surface area contributed by atoms with E-state index in [1.807, 2.05) is 6.07 Å². The van der Waals surface area contributed by atoms with E-state index in [1.54, 1.807) is 54.6 Å². The largest absolute Gasteiger partial charge is 0.479 e. The third-order valence-corrected chi connectivity index (χ3v) is 3.08. The monoisotopic (exact) mass is 335 g/mol. The first kappa shape index (κ1) is 17.8. The number of anilines is 2. The van der Waals surface area contributed by atoms with Gasteiger partial charge in [0.15, 0.2) is 6.61 Å². The summed E-state index contributed by atoms with van der Waals surface area (Å²) in [7, 11) is 0. The van der Waals surface area contributed by atoms with Crippen molar-refractivity contribution in [3.8, 4) is 11.8 Å². The SMILES string of the molecule is CC(=O)Nc1ccc(NC(=O)/C=C/c2ccc(OCC#N)cc2)cc1. The van der Waals surface area contributed by atoms with Crippen LogP contribution in [0, 0.1) is 11.3 Å². The quantitative estimate of drug-likeness (QED) is 0.793. The first-order chi connectivity index (χ1) is 12.1. The summed E-state index contributed by atoms with van der Waals surface area (Å²) in [4.78, 5) is 22.9. The van der Waals surface area contributed by atoms with E-state index < -0.39 is 0 Å². The second-order valence-electron chi connectivity index (χ2n) is 5.10. The van der Waals surface area contributed by atoms with Crippen LogP contribution in [0.4, 0.5) is 11.4 Å². The maximum Gasteiger partial charge on any atom is 0.248 e. The molecule has 0 fully saturated rings. The predicted octanol–water partition coefficient (Wildman–Crippen LogP) is 3.20. The topological polar surface area (TPSA) is 91.2 Å². The van der Waals surface area contributed by atoms with Gasteiger partial charge in [-0.15, -0.1) is 0 Å². The van der Waals surface area contributed by atoms with Crippen molar-refractivity contribution in [2.75, 3.05) is 17.2 Å². The Morgan fingerprint density at radius 2 is 1.64 bits per heavy atom. The van der Waals surface area contributed by atoms with Crippen LogP contribution >= 0.6 is 0 Å². The molecule has 0 aliphatic rings. The van der Waals surface area contributed by atoms with Crippen LogP contribution in [-0.4, -0.2) is 18.4 Å². The van der Waals surface area contributed by atoms with Crippen LogP contribution in [0.2, 0.25) is 0 Å². The summed E-state index contributed by atoms with van der Waals surface area (Å²) >= 11 is 0. The van der Waals surface area contributed by atoms with Crippen LogP contribution in [-0.2, 0) is 9.59 Å². The van der Waals surface area contributed by atoms with Crippen molar-refractivity contribution in [3.05, 3.63) is 60.2 Å². The molecular weight excluding hydrogens is 318 g/mol. The van der Waals surface area contributed by atoms with E-state index >= 15 is 0 Å². The van der Waals surface area contributed by atoms with Crippen molar-refractivity contribution >= 4 is 29.3 Å². The number of hydrogen-bond acceptors (Lipinski definition) is 4. The zero-order valence-corrected chi connectivity index (χ0v) is 13.7. The van der Waals surface area contributed by atoms with E-state index in [0.717, 1.165) is 5.56 Å². The first-order valence-electron chi connectivity index (χ1n) is 7.53. The Hall–Kier alpha value is -3.59. The molecule has 25 heavy (non-hydrogen) atoms. The smallest absolute Gasteiger partial charge is 0.248 e. The number of rotatable bonds is 6. The fourth-order valence-electron chi connectivity index (χ4n) is 1.99. The number of carbonyl (C=O) groups excluding carboxylic acids is 2. The molecule has 0 spiro atoms. The molecule has 0 heterocycles. The average Bonchev–Trinajstić information content (AvgIpc) is 2.60. The first-order valence-corrected chi connectivity index (χ1v) is 7.53. The lowest BCUT2D eigenvalue weighted by Gasteiger charge is -2.05. The van der Waals surface area contributed by atoms with Crippen LogP contribution in [0.1, 0.15) is 12.5 Å². The van der Waals surface area contributed by atoms with Gasteiger partial charge in [0.1, 0.15) is 11.8 Å². The molecule has 2 rings (SSSR count). The van der Waals surface area contributed by atoms with Crippen LogP contribution in [0.15, 0.2) is 54.6 Å². The molecule has 2 amide bonds. The van der Waals surface area contributed by atoms with Gasteiger partial charge in [-0.2, -0.15) is 5.26 Å². The lowest BCUT2D eigenvalue weighted by atomic mass is 10.2. The molecule has 2 N–H and O–H groups in total. The summed E-state index contributed by atoms with van der Waals surface area (Å²) in [5.74, 6) is 0.184. The molecule has 0 bridgehead atoms. The Bertz CT molecular complexity index is 803. The van der Waals surface area contributed by atoms with Crippen molar-refractivity contribution in [2.24, 2.45) is 0 Å². The maximum atomic E-state index is 11.9. The lowest BCUT2D eigenvalue weighted by Crippen LogP contribution is -2.08. The molecule has 0 atom stereocenters. The number of ether oxygens (including phenoxy) is 1. The number of amides is 2. The van der Waals surface area contributed by atoms with E-state index in [4.69, 9.17) is 10.00 Å². The second-order valence-corrected chi connectivity index (χ2v) is 5.10. The summed E-state index contributed by atoms with van der Waals surface area (Å²) in [5.41, 5.74) is 2.13. The molecular formula is C19H17N3O3. The maximum absolute atomic E-state index is 11.9. The summed E-state index contributed by atoms with van der Waals surface area (Å²) < 4.78 is 5.16. The molecule has 2 aromatic carbocycles. The predicted molar refractivity (Wildman–Crippen MR) is 96.0 cm³/mol. The highest BCUT2D eigenvalue weighted by atomic mass is 16.5. The molecule has 0 saturated heterocycles. The highest BCUT2D eigenvalue weighted by Crippen LogP contribution is 2.15. The zero-order chi connectivity index (χ0) is 18.1. The normalized spacial score (nSPS) is 10.1. The van der Waals surface area contributed by atoms with Gasteiger partial charge in [-0.1, -0.05) is 12.1 Å². The molecule has 126 valence electrons. The summed E-state index contributed by atoms with van der Waals surface area (Å²) in [5, 5.41) is 13.8. The molecule has 0 unspecified atom stereocenters. The summed E-state index contributed by atoms with van der Waals surface area (Å²) in [6.07, 6.45) is 3.10. The highest BCUT2D eigenvalue weighted by molar-refractivity contribution is 6.02. The number of nitrogens with one attached hydrogen (secondary N) is 2. The Morgan fingerprint density at radius 3 is 2.20 bits per heavy atom. The van der Waals surface area contributed by atoms with Gasteiger partial charge >= 0.3 is 0 Å². The molecule has 0 aliphatic heterocycles. The van der Waals surface area contributed by atoms with Gasteiger partial charge < -0.3 is 15.4 Å². The minimum Gasteiger partial charge on any atom is -0.479 e. The van der Waals surface area contributed by atoms with E-state index in [1.165, 1.54) is 13.0 Å². The minimum absolute atomic E-state index is 0.00167. The fraction of sp³-hybridized carbons (Fsp3) is 0.105. The molecule has 0 radical (unpaired) electrons. The van der Waals surface area contributed by atoms with Gasteiger partial charge in [0.05, 0.1) is 0 Å². The van der Waals surface area contributed by atoms with Gasteiger partial charge in [-0.25, -0.2) is 0 Å². The number of hydrogen-bond donors (Lipinski definition) is 2. The van der Waals surface area contributed by atoms with Gasteiger partial charge in [-0.05, 0) is 48.0 Å². The van der Waals surface area contributed by atoms with Gasteiger partial charge in [0.2, 0.25) is 11.8 Å². The Morgan fingerprint density at radius 1 is 1.04 bits per heavy atom. The zero-order valence-electron chi connectivity index (χ0n) is 13.7. The van der Waals surface area contributed by atoms with Crippen LogP contribution in [0.5, 0.6) is 5.75 Å². The van der Waals surface area contributed by atoms with Gasteiger partial charge in [-0.3, -0.25) is 9.59 Å². The van der Waals surface area contributed by atoms with Crippen LogP contribution in [0.25, 0.3) is 6.08 Å². The Labute approximate surface area is 145 Å². The van der Waals surface area contributed by atoms with E-state index in [-0.39, 0.29) is 18.4 Å². The number of carbonyl (C=O) groups is 2. The molecule has 6 nitrogen and oxygen atoms in total. The van der Waals surface area contributed by atoms with Crippen molar-refractivity contribution in [1.82, 2.24) is 0 Å². The van der Waals surface area contributed by atoms with Gasteiger partial charge in [0.25, 0.3) is 0 Å². The van der Waals surface area contributed by atoms with E-state index in [0.29, 0.717) is 17.1 Å². The van der Waals surface area contributed by atoms with Crippen molar-refractivity contribution < 1.29 is 14.3 Å². The highest BCUT2D eigenvalue weighted by Gasteiger charge is 2.00.